The Morgan fingerprint density at radius 2 is 2.07 bits per heavy atom. The molecular weight excluding hydrogens is 214 g/mol. The van der Waals surface area contributed by atoms with Crippen molar-refractivity contribution < 1.29 is 9.53 Å². The van der Waals surface area contributed by atoms with Crippen molar-refractivity contribution in [2.24, 2.45) is 0 Å². The molecule has 0 atom stereocenters. The van der Waals surface area contributed by atoms with Crippen LogP contribution in [0.1, 0.15) is 24.2 Å². The zero-order valence-corrected chi connectivity index (χ0v) is 9.84. The van der Waals surface area contributed by atoms with Gasteiger partial charge in [-0.1, -0.05) is 25.4 Å². The maximum absolute atomic E-state index is 11.6. The molecule has 3 nitrogen and oxygen atoms in total. The Hall–Kier alpha value is -1.22. The zero-order chi connectivity index (χ0) is 11.4. The van der Waals surface area contributed by atoms with Gasteiger partial charge in [-0.05, 0) is 18.2 Å². The highest BCUT2D eigenvalue weighted by Gasteiger charge is 2.22. The molecule has 2 rings (SSSR count). The van der Waals surface area contributed by atoms with E-state index < -0.39 is 0 Å². The van der Waals surface area contributed by atoms with Gasteiger partial charge in [0.15, 0.2) is 6.73 Å². The van der Waals surface area contributed by atoms with E-state index in [1.54, 1.807) is 25.2 Å². The SMILES string of the molecule is CC.CN1COc2ccc(Cl)cc2C1=O. The lowest BCUT2D eigenvalue weighted by atomic mass is 10.1. The smallest absolute Gasteiger partial charge is 0.260 e. The largest absolute Gasteiger partial charge is 0.472 e. The van der Waals surface area contributed by atoms with Gasteiger partial charge in [0.2, 0.25) is 0 Å². The first-order chi connectivity index (χ1) is 7.18. The molecule has 1 aromatic rings. The number of rotatable bonds is 0. The molecule has 1 aliphatic rings. The number of halogens is 1. The van der Waals surface area contributed by atoms with Gasteiger partial charge in [-0.25, -0.2) is 0 Å². The van der Waals surface area contributed by atoms with Crippen LogP contribution in [0, 0.1) is 0 Å². The van der Waals surface area contributed by atoms with Crippen LogP contribution >= 0.6 is 11.6 Å². The molecule has 0 saturated carbocycles. The lowest BCUT2D eigenvalue weighted by Gasteiger charge is -2.25. The minimum absolute atomic E-state index is 0.0521. The van der Waals surface area contributed by atoms with Gasteiger partial charge in [-0.15, -0.1) is 0 Å². The van der Waals surface area contributed by atoms with Crippen molar-refractivity contribution in [2.75, 3.05) is 13.8 Å². The number of fused-ring (bicyclic) bond motifs is 1. The molecule has 15 heavy (non-hydrogen) atoms. The number of ether oxygens (including phenoxy) is 1. The Labute approximate surface area is 94.6 Å². The molecule has 0 spiro atoms. The van der Waals surface area contributed by atoms with E-state index in [9.17, 15) is 4.79 Å². The Bertz CT molecular complexity index is 366. The van der Waals surface area contributed by atoms with Crippen molar-refractivity contribution in [3.63, 3.8) is 0 Å². The van der Waals surface area contributed by atoms with Gasteiger partial charge in [-0.2, -0.15) is 0 Å². The van der Waals surface area contributed by atoms with Crippen molar-refractivity contribution in [1.29, 1.82) is 0 Å². The molecule has 0 radical (unpaired) electrons. The molecule has 0 bridgehead atoms. The van der Waals surface area contributed by atoms with E-state index in [0.717, 1.165) is 0 Å². The molecule has 0 unspecified atom stereocenters. The summed E-state index contributed by atoms with van der Waals surface area (Å²) < 4.78 is 5.31. The lowest BCUT2D eigenvalue weighted by molar-refractivity contribution is 0.0595. The Kier molecular flexibility index (Phi) is 3.97. The summed E-state index contributed by atoms with van der Waals surface area (Å²) >= 11 is 5.76. The van der Waals surface area contributed by atoms with E-state index >= 15 is 0 Å². The monoisotopic (exact) mass is 227 g/mol. The molecule has 0 fully saturated rings. The third kappa shape index (κ3) is 2.42. The number of nitrogens with zero attached hydrogens (tertiary/aromatic N) is 1. The normalized spacial score (nSPS) is 13.6. The number of carbonyl (C=O) groups is 1. The first-order valence-corrected chi connectivity index (χ1v) is 5.24. The zero-order valence-electron chi connectivity index (χ0n) is 9.08. The minimum atomic E-state index is -0.0521. The first kappa shape index (κ1) is 11.9. The molecule has 1 heterocycles. The maximum atomic E-state index is 11.6. The van der Waals surface area contributed by atoms with E-state index in [1.165, 1.54) is 4.90 Å². The minimum Gasteiger partial charge on any atom is -0.472 e. The molecule has 0 saturated heterocycles. The number of benzene rings is 1. The maximum Gasteiger partial charge on any atom is 0.260 e. The molecule has 1 aromatic carbocycles. The van der Waals surface area contributed by atoms with Crippen LogP contribution in [0.5, 0.6) is 5.75 Å². The fourth-order valence-electron chi connectivity index (χ4n) is 1.23. The van der Waals surface area contributed by atoms with E-state index in [-0.39, 0.29) is 5.91 Å². The Morgan fingerprint density at radius 3 is 2.73 bits per heavy atom. The van der Waals surface area contributed by atoms with E-state index in [2.05, 4.69) is 0 Å². The molecular formula is C11H14ClNO2. The van der Waals surface area contributed by atoms with Gasteiger partial charge in [0.05, 0.1) is 5.56 Å². The second kappa shape index (κ2) is 5.03. The Balaban J connectivity index is 0.000000531. The number of hydrogen-bond acceptors (Lipinski definition) is 2. The summed E-state index contributed by atoms with van der Waals surface area (Å²) in [6.07, 6.45) is 0. The van der Waals surface area contributed by atoms with Gasteiger partial charge in [0, 0.05) is 12.1 Å². The van der Waals surface area contributed by atoms with Crippen LogP contribution in [0.15, 0.2) is 18.2 Å². The summed E-state index contributed by atoms with van der Waals surface area (Å²) in [5.41, 5.74) is 0.529. The van der Waals surface area contributed by atoms with Crippen molar-refractivity contribution in [3.05, 3.63) is 28.8 Å². The van der Waals surface area contributed by atoms with Crippen molar-refractivity contribution in [2.45, 2.75) is 13.8 Å². The lowest BCUT2D eigenvalue weighted by Crippen LogP contribution is -2.35. The summed E-state index contributed by atoms with van der Waals surface area (Å²) in [6, 6.07) is 5.04. The van der Waals surface area contributed by atoms with E-state index in [1.807, 2.05) is 13.8 Å². The van der Waals surface area contributed by atoms with Crippen LogP contribution in [0.4, 0.5) is 0 Å². The van der Waals surface area contributed by atoms with Crippen LogP contribution in [0.3, 0.4) is 0 Å². The quantitative estimate of drug-likeness (QED) is 0.682. The summed E-state index contributed by atoms with van der Waals surface area (Å²) in [7, 11) is 1.69. The highest BCUT2D eigenvalue weighted by Crippen LogP contribution is 2.26. The third-order valence-electron chi connectivity index (χ3n) is 1.93. The average Bonchev–Trinajstić information content (AvgIpc) is 2.27. The predicted octanol–water partition coefficient (Wildman–Crippen LogP) is 2.79. The number of amides is 1. The molecule has 4 heteroatoms. The van der Waals surface area contributed by atoms with Crippen LogP contribution in [0.2, 0.25) is 5.02 Å². The first-order valence-electron chi connectivity index (χ1n) is 4.86. The third-order valence-corrected chi connectivity index (χ3v) is 2.17. The van der Waals surface area contributed by atoms with Gasteiger partial charge < -0.3 is 9.64 Å². The highest BCUT2D eigenvalue weighted by molar-refractivity contribution is 6.31. The molecule has 1 amide bonds. The van der Waals surface area contributed by atoms with Crippen LogP contribution < -0.4 is 4.74 Å². The van der Waals surface area contributed by atoms with Gasteiger partial charge >= 0.3 is 0 Å². The van der Waals surface area contributed by atoms with Crippen molar-refractivity contribution >= 4 is 17.5 Å². The Morgan fingerprint density at radius 1 is 1.40 bits per heavy atom. The summed E-state index contributed by atoms with van der Waals surface area (Å²) in [5, 5.41) is 0.547. The second-order valence-corrected chi connectivity index (χ2v) is 3.35. The fraction of sp³-hybridized carbons (Fsp3) is 0.364. The fourth-order valence-corrected chi connectivity index (χ4v) is 1.40. The van der Waals surface area contributed by atoms with Crippen LogP contribution in [-0.2, 0) is 0 Å². The predicted molar refractivity (Wildman–Crippen MR) is 60.4 cm³/mol. The van der Waals surface area contributed by atoms with Crippen LogP contribution in [-0.4, -0.2) is 24.6 Å². The summed E-state index contributed by atoms with van der Waals surface area (Å²) in [6.45, 7) is 4.30. The molecule has 0 aromatic heterocycles. The standard InChI is InChI=1S/C9H8ClNO2.C2H6/c1-11-5-13-8-3-2-6(10)4-7(8)9(11)12;1-2/h2-4H,5H2,1H3;1-2H3. The average molecular weight is 228 g/mol. The molecule has 0 N–H and O–H groups in total. The van der Waals surface area contributed by atoms with Crippen LogP contribution in [0.25, 0.3) is 0 Å². The summed E-state index contributed by atoms with van der Waals surface area (Å²) in [5.74, 6) is 0.552. The van der Waals surface area contributed by atoms with Gasteiger partial charge in [0.1, 0.15) is 5.75 Å². The van der Waals surface area contributed by atoms with Gasteiger partial charge in [0.25, 0.3) is 5.91 Å². The second-order valence-electron chi connectivity index (χ2n) is 2.92. The topological polar surface area (TPSA) is 29.5 Å². The molecule has 1 aliphatic heterocycles. The molecule has 0 aliphatic carbocycles. The summed E-state index contributed by atoms with van der Waals surface area (Å²) in [4.78, 5) is 13.1. The number of carbonyl (C=O) groups excluding carboxylic acids is 1. The van der Waals surface area contributed by atoms with E-state index in [4.69, 9.17) is 16.3 Å². The highest BCUT2D eigenvalue weighted by atomic mass is 35.5. The molecule has 82 valence electrons. The van der Waals surface area contributed by atoms with Crippen molar-refractivity contribution in [3.8, 4) is 5.75 Å². The van der Waals surface area contributed by atoms with Gasteiger partial charge in [-0.3, -0.25) is 4.79 Å². The number of hydrogen-bond donors (Lipinski definition) is 0. The van der Waals surface area contributed by atoms with Crippen molar-refractivity contribution in [1.82, 2.24) is 4.90 Å². The van der Waals surface area contributed by atoms with E-state index in [0.29, 0.717) is 23.1 Å².